The first-order chi connectivity index (χ1) is 8.85. The van der Waals surface area contributed by atoms with Crippen molar-refractivity contribution in [3.05, 3.63) is 46.8 Å². The lowest BCUT2D eigenvalue weighted by atomic mass is 9.97. The number of phenols is 1. The summed E-state index contributed by atoms with van der Waals surface area (Å²) in [6.45, 7) is 6.76. The van der Waals surface area contributed by atoms with Crippen LogP contribution in [-0.4, -0.2) is 14.9 Å². The Morgan fingerprint density at radius 2 is 1.74 bits per heavy atom. The Hall–Kier alpha value is -2.10. The predicted octanol–water partition coefficient (Wildman–Crippen LogP) is 2.66. The molecular formula is C15H18N2O2. The number of aromatic hydroxyl groups is 1. The van der Waals surface area contributed by atoms with E-state index in [1.54, 1.807) is 30.3 Å². The lowest BCUT2D eigenvalue weighted by molar-refractivity contribution is 0.317. The van der Waals surface area contributed by atoms with Crippen molar-refractivity contribution in [2.75, 3.05) is 0 Å². The van der Waals surface area contributed by atoms with Crippen molar-refractivity contribution in [3.8, 4) is 17.0 Å². The van der Waals surface area contributed by atoms with E-state index < -0.39 is 0 Å². The number of benzene rings is 1. The molecule has 0 unspecified atom stereocenters. The monoisotopic (exact) mass is 258 g/mol. The third-order valence-electron chi connectivity index (χ3n) is 2.65. The zero-order valence-corrected chi connectivity index (χ0v) is 11.4. The molecule has 0 spiro atoms. The van der Waals surface area contributed by atoms with Crippen molar-refractivity contribution in [2.24, 2.45) is 5.41 Å². The lowest BCUT2D eigenvalue weighted by Crippen LogP contribution is -2.28. The normalized spacial score (nSPS) is 11.5. The summed E-state index contributed by atoms with van der Waals surface area (Å²) < 4.78 is 1.49. The maximum atomic E-state index is 11.8. The number of rotatable bonds is 2. The molecule has 4 heteroatoms. The summed E-state index contributed by atoms with van der Waals surface area (Å²) in [6.07, 6.45) is 0. The van der Waals surface area contributed by atoms with E-state index in [1.165, 1.54) is 10.7 Å². The van der Waals surface area contributed by atoms with E-state index in [0.29, 0.717) is 6.54 Å². The molecular weight excluding hydrogens is 240 g/mol. The predicted molar refractivity (Wildman–Crippen MR) is 75.1 cm³/mol. The summed E-state index contributed by atoms with van der Waals surface area (Å²) in [5, 5.41) is 13.7. The summed E-state index contributed by atoms with van der Waals surface area (Å²) in [7, 11) is 0. The van der Waals surface area contributed by atoms with Crippen molar-refractivity contribution in [1.29, 1.82) is 0 Å². The van der Waals surface area contributed by atoms with Gasteiger partial charge in [-0.15, -0.1) is 0 Å². The molecule has 1 N–H and O–H groups in total. The van der Waals surface area contributed by atoms with Gasteiger partial charge in [-0.2, -0.15) is 5.10 Å². The van der Waals surface area contributed by atoms with Gasteiger partial charge in [0.2, 0.25) is 0 Å². The fraction of sp³-hybridized carbons (Fsp3) is 0.333. The average Bonchev–Trinajstić information content (AvgIpc) is 2.31. The molecule has 0 aliphatic rings. The summed E-state index contributed by atoms with van der Waals surface area (Å²) >= 11 is 0. The second-order valence-corrected chi connectivity index (χ2v) is 5.82. The Morgan fingerprint density at radius 3 is 2.32 bits per heavy atom. The number of aromatic nitrogens is 2. The quantitative estimate of drug-likeness (QED) is 0.901. The van der Waals surface area contributed by atoms with Gasteiger partial charge in [0.05, 0.1) is 5.69 Å². The fourth-order valence-corrected chi connectivity index (χ4v) is 1.80. The summed E-state index contributed by atoms with van der Waals surface area (Å²) in [5.41, 5.74) is 1.49. The molecule has 0 amide bonds. The van der Waals surface area contributed by atoms with E-state index in [1.807, 2.05) is 0 Å². The summed E-state index contributed by atoms with van der Waals surface area (Å²) in [5.74, 6) is 0.215. The van der Waals surface area contributed by atoms with Crippen LogP contribution in [-0.2, 0) is 6.54 Å². The van der Waals surface area contributed by atoms with E-state index in [4.69, 9.17) is 0 Å². The van der Waals surface area contributed by atoms with Gasteiger partial charge >= 0.3 is 0 Å². The van der Waals surface area contributed by atoms with Gasteiger partial charge in [-0.1, -0.05) is 20.8 Å². The maximum Gasteiger partial charge on any atom is 0.266 e. The van der Waals surface area contributed by atoms with Gasteiger partial charge in [-0.05, 0) is 35.7 Å². The van der Waals surface area contributed by atoms with E-state index in [9.17, 15) is 9.90 Å². The minimum absolute atomic E-state index is 0.00952. The van der Waals surface area contributed by atoms with Crippen LogP contribution in [0, 0.1) is 5.41 Å². The SMILES string of the molecule is CC(C)(C)Cn1nc(-c2ccc(O)cc2)ccc1=O. The average molecular weight is 258 g/mol. The minimum atomic E-state index is -0.0996. The highest BCUT2D eigenvalue weighted by molar-refractivity contribution is 5.59. The Bertz CT molecular complexity index is 622. The van der Waals surface area contributed by atoms with Gasteiger partial charge in [-0.25, -0.2) is 4.68 Å². The van der Waals surface area contributed by atoms with Crippen molar-refractivity contribution < 1.29 is 5.11 Å². The Kier molecular flexibility index (Phi) is 3.42. The van der Waals surface area contributed by atoms with Crippen molar-refractivity contribution in [3.63, 3.8) is 0 Å². The molecule has 0 aliphatic heterocycles. The van der Waals surface area contributed by atoms with Crippen LogP contribution >= 0.6 is 0 Å². The highest BCUT2D eigenvalue weighted by Crippen LogP contribution is 2.20. The first-order valence-electron chi connectivity index (χ1n) is 6.23. The molecule has 4 nitrogen and oxygen atoms in total. The Morgan fingerprint density at radius 1 is 1.11 bits per heavy atom. The summed E-state index contributed by atoms with van der Waals surface area (Å²) in [4.78, 5) is 11.8. The maximum absolute atomic E-state index is 11.8. The second kappa shape index (κ2) is 4.88. The third-order valence-corrected chi connectivity index (χ3v) is 2.65. The lowest BCUT2D eigenvalue weighted by Gasteiger charge is -2.19. The second-order valence-electron chi connectivity index (χ2n) is 5.82. The van der Waals surface area contributed by atoms with E-state index in [-0.39, 0.29) is 16.7 Å². The van der Waals surface area contributed by atoms with Crippen LogP contribution in [0.2, 0.25) is 0 Å². The van der Waals surface area contributed by atoms with Crippen LogP contribution in [0.1, 0.15) is 20.8 Å². The van der Waals surface area contributed by atoms with Crippen LogP contribution in [0.4, 0.5) is 0 Å². The third kappa shape index (κ3) is 3.44. The van der Waals surface area contributed by atoms with Crippen molar-refractivity contribution in [1.82, 2.24) is 9.78 Å². The van der Waals surface area contributed by atoms with Crippen LogP contribution in [0.25, 0.3) is 11.3 Å². The Labute approximate surface area is 112 Å². The van der Waals surface area contributed by atoms with Crippen LogP contribution in [0.15, 0.2) is 41.2 Å². The van der Waals surface area contributed by atoms with Crippen LogP contribution < -0.4 is 5.56 Å². The van der Waals surface area contributed by atoms with E-state index >= 15 is 0 Å². The fourth-order valence-electron chi connectivity index (χ4n) is 1.80. The van der Waals surface area contributed by atoms with Crippen molar-refractivity contribution >= 4 is 0 Å². The van der Waals surface area contributed by atoms with Crippen LogP contribution in [0.3, 0.4) is 0 Å². The number of nitrogens with zero attached hydrogens (tertiary/aromatic N) is 2. The van der Waals surface area contributed by atoms with Crippen molar-refractivity contribution in [2.45, 2.75) is 27.3 Å². The molecule has 0 saturated heterocycles. The number of hydrogen-bond donors (Lipinski definition) is 1. The first-order valence-corrected chi connectivity index (χ1v) is 6.23. The molecule has 1 aromatic heterocycles. The minimum Gasteiger partial charge on any atom is -0.508 e. The van der Waals surface area contributed by atoms with Crippen LogP contribution in [0.5, 0.6) is 5.75 Å². The highest BCUT2D eigenvalue weighted by atomic mass is 16.3. The molecule has 1 aromatic carbocycles. The molecule has 0 bridgehead atoms. The van der Waals surface area contributed by atoms with Gasteiger partial charge in [-0.3, -0.25) is 4.79 Å². The summed E-state index contributed by atoms with van der Waals surface area (Å²) in [6, 6.07) is 10.0. The topological polar surface area (TPSA) is 55.1 Å². The highest BCUT2D eigenvalue weighted by Gasteiger charge is 2.13. The van der Waals surface area contributed by atoms with Gasteiger partial charge in [0.25, 0.3) is 5.56 Å². The largest absolute Gasteiger partial charge is 0.508 e. The molecule has 2 aromatic rings. The molecule has 0 saturated carbocycles. The molecule has 19 heavy (non-hydrogen) atoms. The molecule has 2 rings (SSSR count). The van der Waals surface area contributed by atoms with Gasteiger partial charge in [0.15, 0.2) is 0 Å². The molecule has 0 fully saturated rings. The Balaban J connectivity index is 2.41. The standard InChI is InChI=1S/C15H18N2O2/c1-15(2,3)10-17-14(19)9-8-13(16-17)11-4-6-12(18)7-5-11/h4-9,18H,10H2,1-3H3. The molecule has 1 heterocycles. The zero-order chi connectivity index (χ0) is 14.0. The number of hydrogen-bond acceptors (Lipinski definition) is 3. The van der Waals surface area contributed by atoms with Gasteiger partial charge in [0.1, 0.15) is 5.75 Å². The molecule has 0 atom stereocenters. The van der Waals surface area contributed by atoms with Gasteiger partial charge < -0.3 is 5.11 Å². The van der Waals surface area contributed by atoms with E-state index in [0.717, 1.165) is 11.3 Å². The van der Waals surface area contributed by atoms with Gasteiger partial charge in [0, 0.05) is 18.2 Å². The molecule has 0 radical (unpaired) electrons. The molecule has 100 valence electrons. The first kappa shape index (κ1) is 13.3. The van der Waals surface area contributed by atoms with E-state index in [2.05, 4.69) is 25.9 Å². The number of phenolic OH excluding ortho intramolecular Hbond substituents is 1. The molecule has 0 aliphatic carbocycles. The smallest absolute Gasteiger partial charge is 0.266 e. The zero-order valence-electron chi connectivity index (χ0n) is 11.4.